The Balaban J connectivity index is 1.74. The summed E-state index contributed by atoms with van der Waals surface area (Å²) in [5.74, 6) is 0.895. The molecule has 0 saturated carbocycles. The minimum Gasteiger partial charge on any atom is -0.393 e. The Bertz CT molecular complexity index is 343. The van der Waals surface area contributed by atoms with Crippen LogP contribution >= 0.6 is 12.2 Å². The molecule has 0 aromatic rings. The summed E-state index contributed by atoms with van der Waals surface area (Å²) in [6.45, 7) is 9.39. The van der Waals surface area contributed by atoms with Crippen LogP contribution in [0.5, 0.6) is 0 Å². The van der Waals surface area contributed by atoms with Crippen LogP contribution < -0.4 is 5.73 Å². The molecule has 0 spiro atoms. The highest BCUT2D eigenvalue weighted by atomic mass is 32.1. The van der Waals surface area contributed by atoms with E-state index in [1.54, 1.807) is 0 Å². The van der Waals surface area contributed by atoms with E-state index in [-0.39, 0.29) is 5.41 Å². The summed E-state index contributed by atoms with van der Waals surface area (Å²) in [6, 6.07) is 0.841. The number of piperidine rings is 2. The van der Waals surface area contributed by atoms with Crippen molar-refractivity contribution in [2.75, 3.05) is 33.2 Å². The first-order chi connectivity index (χ1) is 9.40. The smallest absolute Gasteiger partial charge is 0.0784 e. The van der Waals surface area contributed by atoms with Gasteiger partial charge >= 0.3 is 0 Å². The van der Waals surface area contributed by atoms with Gasteiger partial charge in [-0.15, -0.1) is 0 Å². The molecule has 20 heavy (non-hydrogen) atoms. The van der Waals surface area contributed by atoms with Crippen LogP contribution in [0.15, 0.2) is 0 Å². The van der Waals surface area contributed by atoms with Gasteiger partial charge in [0, 0.05) is 18.0 Å². The highest BCUT2D eigenvalue weighted by molar-refractivity contribution is 7.80. The summed E-state index contributed by atoms with van der Waals surface area (Å²) >= 11 is 5.15. The molecule has 0 aromatic carbocycles. The number of nitrogens with two attached hydrogens (primary N) is 1. The first-order valence-corrected chi connectivity index (χ1v) is 8.53. The number of likely N-dealkylation sites (tertiary alicyclic amines) is 2. The summed E-state index contributed by atoms with van der Waals surface area (Å²) in [5.41, 5.74) is 5.82. The molecule has 2 saturated heterocycles. The van der Waals surface area contributed by atoms with Gasteiger partial charge in [0.15, 0.2) is 0 Å². The Morgan fingerprint density at radius 3 is 2.75 bits per heavy atom. The van der Waals surface area contributed by atoms with Crippen molar-refractivity contribution in [3.05, 3.63) is 0 Å². The van der Waals surface area contributed by atoms with Crippen molar-refractivity contribution in [3.63, 3.8) is 0 Å². The number of hydrogen-bond donors (Lipinski definition) is 1. The minimum absolute atomic E-state index is 0.0126. The fourth-order valence-electron chi connectivity index (χ4n) is 3.80. The van der Waals surface area contributed by atoms with Gasteiger partial charge in [0.05, 0.1) is 4.99 Å². The maximum Gasteiger partial charge on any atom is 0.0784 e. The van der Waals surface area contributed by atoms with Crippen LogP contribution in [0.4, 0.5) is 0 Å². The number of thiocarbonyl (C=S) groups is 1. The topological polar surface area (TPSA) is 32.5 Å². The summed E-state index contributed by atoms with van der Waals surface area (Å²) in [7, 11) is 2.30. The molecule has 0 aromatic heterocycles. The van der Waals surface area contributed by atoms with Crippen LogP contribution in [0.2, 0.25) is 0 Å². The lowest BCUT2D eigenvalue weighted by atomic mass is 9.83. The lowest BCUT2D eigenvalue weighted by Crippen LogP contribution is -2.52. The summed E-state index contributed by atoms with van der Waals surface area (Å²) in [6.07, 6.45) is 6.45. The zero-order chi connectivity index (χ0) is 14.8. The second kappa shape index (κ2) is 6.71. The molecule has 2 heterocycles. The van der Waals surface area contributed by atoms with E-state index in [1.165, 1.54) is 51.9 Å². The van der Waals surface area contributed by atoms with Gasteiger partial charge in [0.25, 0.3) is 0 Å². The van der Waals surface area contributed by atoms with E-state index in [1.807, 2.05) is 0 Å². The first-order valence-electron chi connectivity index (χ1n) is 8.12. The average molecular weight is 298 g/mol. The van der Waals surface area contributed by atoms with Gasteiger partial charge in [-0.25, -0.2) is 0 Å². The van der Waals surface area contributed by atoms with E-state index >= 15 is 0 Å². The molecule has 0 bridgehead atoms. The van der Waals surface area contributed by atoms with Crippen molar-refractivity contribution in [1.29, 1.82) is 0 Å². The van der Waals surface area contributed by atoms with E-state index in [2.05, 4.69) is 30.7 Å². The molecule has 116 valence electrons. The monoisotopic (exact) mass is 297 g/mol. The second-order valence-electron chi connectivity index (χ2n) is 7.39. The molecule has 2 rings (SSSR count). The van der Waals surface area contributed by atoms with Crippen LogP contribution in [-0.4, -0.2) is 54.1 Å². The molecule has 0 radical (unpaired) electrons. The summed E-state index contributed by atoms with van der Waals surface area (Å²) < 4.78 is 0. The van der Waals surface area contributed by atoms with E-state index in [0.717, 1.165) is 18.4 Å². The zero-order valence-electron chi connectivity index (χ0n) is 13.4. The van der Waals surface area contributed by atoms with Crippen molar-refractivity contribution in [1.82, 2.24) is 9.80 Å². The normalized spacial score (nSPS) is 29.1. The molecular formula is C16H31N3S. The standard InChI is InChI=1S/C16H31N3S/c1-16(2,15(17)20)8-5-10-19-11-7-14-13(12-19)6-4-9-18(14)3/h13-14H,4-12H2,1-3H3,(H2,17,20). The highest BCUT2D eigenvalue weighted by Gasteiger charge is 2.34. The van der Waals surface area contributed by atoms with Crippen LogP contribution in [-0.2, 0) is 0 Å². The van der Waals surface area contributed by atoms with E-state index in [0.29, 0.717) is 4.99 Å². The zero-order valence-corrected chi connectivity index (χ0v) is 14.2. The van der Waals surface area contributed by atoms with Crippen LogP contribution in [0.3, 0.4) is 0 Å². The Kier molecular flexibility index (Phi) is 5.43. The van der Waals surface area contributed by atoms with Gasteiger partial charge in [0.2, 0.25) is 0 Å². The molecule has 2 aliphatic heterocycles. The summed E-state index contributed by atoms with van der Waals surface area (Å²) in [4.78, 5) is 5.90. The van der Waals surface area contributed by atoms with E-state index < -0.39 is 0 Å². The number of fused-ring (bicyclic) bond motifs is 1. The van der Waals surface area contributed by atoms with Crippen LogP contribution in [0.25, 0.3) is 0 Å². The third-order valence-corrected chi connectivity index (χ3v) is 5.93. The Morgan fingerprint density at radius 1 is 1.30 bits per heavy atom. The number of hydrogen-bond acceptors (Lipinski definition) is 3. The Hall–Kier alpha value is -0.190. The third-order valence-electron chi connectivity index (χ3n) is 5.37. The van der Waals surface area contributed by atoms with Crippen molar-refractivity contribution >= 4 is 17.2 Å². The molecular weight excluding hydrogens is 266 g/mol. The molecule has 0 amide bonds. The maximum absolute atomic E-state index is 5.80. The van der Waals surface area contributed by atoms with Crippen LogP contribution in [0.1, 0.15) is 46.0 Å². The predicted octanol–water partition coefficient (Wildman–Crippen LogP) is 2.50. The molecule has 4 heteroatoms. The van der Waals surface area contributed by atoms with Crippen molar-refractivity contribution < 1.29 is 0 Å². The Morgan fingerprint density at radius 2 is 2.05 bits per heavy atom. The van der Waals surface area contributed by atoms with Crippen molar-refractivity contribution in [2.24, 2.45) is 17.1 Å². The van der Waals surface area contributed by atoms with Crippen molar-refractivity contribution in [2.45, 2.75) is 52.0 Å². The van der Waals surface area contributed by atoms with Crippen LogP contribution in [0, 0.1) is 11.3 Å². The van der Waals surface area contributed by atoms with Crippen molar-refractivity contribution in [3.8, 4) is 0 Å². The molecule has 2 aliphatic rings. The molecule has 0 aliphatic carbocycles. The average Bonchev–Trinajstić information content (AvgIpc) is 2.38. The van der Waals surface area contributed by atoms with E-state index in [9.17, 15) is 0 Å². The molecule has 2 N–H and O–H groups in total. The van der Waals surface area contributed by atoms with Gasteiger partial charge in [-0.2, -0.15) is 0 Å². The number of nitrogens with zero attached hydrogens (tertiary/aromatic N) is 2. The van der Waals surface area contributed by atoms with E-state index in [4.69, 9.17) is 18.0 Å². The van der Waals surface area contributed by atoms with Gasteiger partial charge in [0.1, 0.15) is 0 Å². The number of rotatable bonds is 5. The molecule has 2 unspecified atom stereocenters. The fourth-order valence-corrected chi connectivity index (χ4v) is 3.90. The van der Waals surface area contributed by atoms with Gasteiger partial charge < -0.3 is 15.5 Å². The largest absolute Gasteiger partial charge is 0.393 e. The SMILES string of the molecule is CN1CCCC2CN(CCCC(C)(C)C(N)=S)CCC21. The fraction of sp³-hybridized carbons (Fsp3) is 0.938. The summed E-state index contributed by atoms with van der Waals surface area (Å²) in [5, 5.41) is 0. The molecule has 3 nitrogen and oxygen atoms in total. The molecule has 2 fully saturated rings. The van der Waals surface area contributed by atoms with Gasteiger partial charge in [-0.3, -0.25) is 0 Å². The van der Waals surface area contributed by atoms with Gasteiger partial charge in [-0.1, -0.05) is 26.1 Å². The first kappa shape index (κ1) is 16.2. The minimum atomic E-state index is 0.0126. The second-order valence-corrected chi connectivity index (χ2v) is 7.83. The molecule has 2 atom stereocenters. The maximum atomic E-state index is 5.80. The Labute approximate surface area is 129 Å². The quantitative estimate of drug-likeness (QED) is 0.790. The van der Waals surface area contributed by atoms with Gasteiger partial charge in [-0.05, 0) is 64.7 Å². The third kappa shape index (κ3) is 3.92. The highest BCUT2D eigenvalue weighted by Crippen LogP contribution is 2.30. The lowest BCUT2D eigenvalue weighted by molar-refractivity contribution is 0.0375. The predicted molar refractivity (Wildman–Crippen MR) is 90.0 cm³/mol. The lowest BCUT2D eigenvalue weighted by Gasteiger charge is -2.46.